The van der Waals surface area contributed by atoms with Crippen molar-refractivity contribution < 1.29 is 29.0 Å². The van der Waals surface area contributed by atoms with E-state index in [2.05, 4.69) is 13.8 Å². The first-order valence-electron chi connectivity index (χ1n) is 11.4. The van der Waals surface area contributed by atoms with Crippen molar-refractivity contribution in [3.05, 3.63) is 11.6 Å². The molecule has 1 saturated heterocycles. The van der Waals surface area contributed by atoms with Gasteiger partial charge in [-0.25, -0.2) is 0 Å². The quantitative estimate of drug-likeness (QED) is 0.661. The Kier molecular flexibility index (Phi) is 4.32. The summed E-state index contributed by atoms with van der Waals surface area (Å²) in [4.78, 5) is 37.2. The van der Waals surface area contributed by atoms with Crippen LogP contribution in [0.15, 0.2) is 11.6 Å². The number of esters is 2. The molecule has 0 amide bonds. The van der Waals surface area contributed by atoms with Gasteiger partial charge in [-0.1, -0.05) is 19.4 Å². The maximum Gasteiger partial charge on any atom is 0.309 e. The molecule has 4 fully saturated rings. The zero-order valence-corrected chi connectivity index (χ0v) is 18.1. The van der Waals surface area contributed by atoms with Crippen molar-refractivity contribution in [2.24, 2.45) is 34.5 Å². The minimum atomic E-state index is -0.611. The molecule has 1 spiro atoms. The average molecular weight is 417 g/mol. The Morgan fingerprint density at radius 2 is 1.97 bits per heavy atom. The first-order valence-corrected chi connectivity index (χ1v) is 11.4. The van der Waals surface area contributed by atoms with E-state index >= 15 is 0 Å². The molecular weight excluding hydrogens is 384 g/mol. The lowest BCUT2D eigenvalue weighted by molar-refractivity contribution is -0.197. The van der Waals surface area contributed by atoms with Crippen LogP contribution in [0.1, 0.15) is 65.2 Å². The maximum absolute atomic E-state index is 12.9. The molecule has 3 saturated carbocycles. The summed E-state index contributed by atoms with van der Waals surface area (Å²) in [5.41, 5.74) is -0.168. The Morgan fingerprint density at radius 3 is 2.63 bits per heavy atom. The second-order valence-corrected chi connectivity index (χ2v) is 10.8. The van der Waals surface area contributed by atoms with E-state index in [1.54, 1.807) is 6.08 Å². The number of carbonyl (C=O) groups excluding carboxylic acids is 3. The SMILES string of the molecule is COC(=O)[C@@H]1CC2=CC(=O)CC[C@]2(C)C2C1C1CCC3(CCC(=O)O3)[C@@]1(C)C[C@H]2O. The highest BCUT2D eigenvalue weighted by Crippen LogP contribution is 2.70. The largest absolute Gasteiger partial charge is 0.469 e. The molecule has 6 nitrogen and oxygen atoms in total. The van der Waals surface area contributed by atoms with Crippen LogP contribution in [-0.2, 0) is 23.9 Å². The molecular formula is C24H32O6. The van der Waals surface area contributed by atoms with E-state index in [4.69, 9.17) is 9.47 Å². The predicted molar refractivity (Wildman–Crippen MR) is 107 cm³/mol. The summed E-state index contributed by atoms with van der Waals surface area (Å²) in [5.74, 6) is -0.636. The Balaban J connectivity index is 1.62. The smallest absolute Gasteiger partial charge is 0.309 e. The first-order chi connectivity index (χ1) is 14.1. The number of methoxy groups -OCH3 is 1. The number of ether oxygens (including phenoxy) is 2. The van der Waals surface area contributed by atoms with Gasteiger partial charge in [-0.05, 0) is 67.8 Å². The summed E-state index contributed by atoms with van der Waals surface area (Å²) in [5, 5.41) is 11.6. The number of carbonyl (C=O) groups is 3. The summed E-state index contributed by atoms with van der Waals surface area (Å²) in [6.45, 7) is 4.33. The van der Waals surface area contributed by atoms with Crippen molar-refractivity contribution in [1.29, 1.82) is 0 Å². The van der Waals surface area contributed by atoms with Gasteiger partial charge in [0.25, 0.3) is 0 Å². The summed E-state index contributed by atoms with van der Waals surface area (Å²) in [6.07, 6.45) is 6.21. The van der Waals surface area contributed by atoms with Crippen molar-refractivity contribution in [2.45, 2.75) is 76.9 Å². The van der Waals surface area contributed by atoms with E-state index in [1.807, 2.05) is 0 Å². The molecule has 0 aromatic carbocycles. The van der Waals surface area contributed by atoms with Crippen LogP contribution in [0.5, 0.6) is 0 Å². The molecule has 8 atom stereocenters. The Bertz CT molecular complexity index is 847. The van der Waals surface area contributed by atoms with Gasteiger partial charge in [-0.15, -0.1) is 0 Å². The van der Waals surface area contributed by atoms with Gasteiger partial charge >= 0.3 is 11.9 Å². The van der Waals surface area contributed by atoms with E-state index in [1.165, 1.54) is 7.11 Å². The van der Waals surface area contributed by atoms with Gasteiger partial charge in [0.05, 0.1) is 19.1 Å². The Labute approximate surface area is 177 Å². The van der Waals surface area contributed by atoms with Crippen LogP contribution in [0.3, 0.4) is 0 Å². The molecule has 1 N–H and O–H groups in total. The minimum Gasteiger partial charge on any atom is -0.469 e. The number of hydrogen-bond donors (Lipinski definition) is 1. The van der Waals surface area contributed by atoms with Gasteiger partial charge < -0.3 is 14.6 Å². The third kappa shape index (κ3) is 2.43. The van der Waals surface area contributed by atoms with E-state index in [-0.39, 0.29) is 52.2 Å². The second kappa shape index (κ2) is 6.41. The molecule has 30 heavy (non-hydrogen) atoms. The molecule has 4 aliphatic carbocycles. The van der Waals surface area contributed by atoms with Gasteiger partial charge in [0, 0.05) is 18.3 Å². The van der Waals surface area contributed by atoms with Crippen LogP contribution in [0.4, 0.5) is 0 Å². The number of fused-ring (bicyclic) bond motifs is 6. The fraction of sp³-hybridized carbons (Fsp3) is 0.792. The molecule has 0 aromatic heterocycles. The molecule has 5 rings (SSSR count). The van der Waals surface area contributed by atoms with Crippen LogP contribution in [0.2, 0.25) is 0 Å². The number of aliphatic hydroxyl groups is 1. The fourth-order valence-corrected chi connectivity index (χ4v) is 8.35. The first kappa shape index (κ1) is 20.2. The van der Waals surface area contributed by atoms with E-state index < -0.39 is 11.7 Å². The van der Waals surface area contributed by atoms with Gasteiger partial charge in [0.2, 0.25) is 0 Å². The van der Waals surface area contributed by atoms with Crippen LogP contribution in [0, 0.1) is 34.5 Å². The lowest BCUT2D eigenvalue weighted by Crippen LogP contribution is -2.62. The molecule has 6 heteroatoms. The lowest BCUT2D eigenvalue weighted by Gasteiger charge is -2.62. The second-order valence-electron chi connectivity index (χ2n) is 10.8. The number of rotatable bonds is 1. The Morgan fingerprint density at radius 1 is 1.20 bits per heavy atom. The molecule has 1 heterocycles. The summed E-state index contributed by atoms with van der Waals surface area (Å²) in [7, 11) is 1.42. The summed E-state index contributed by atoms with van der Waals surface area (Å²) in [6, 6.07) is 0. The predicted octanol–water partition coefficient (Wildman–Crippen LogP) is 2.96. The molecule has 0 aromatic rings. The van der Waals surface area contributed by atoms with Crippen LogP contribution >= 0.6 is 0 Å². The van der Waals surface area contributed by atoms with Gasteiger partial charge in [0.15, 0.2) is 5.78 Å². The lowest BCUT2D eigenvalue weighted by atomic mass is 9.43. The molecule has 1 aliphatic heterocycles. The van der Waals surface area contributed by atoms with Crippen LogP contribution in [-0.4, -0.2) is 41.6 Å². The monoisotopic (exact) mass is 416 g/mol. The van der Waals surface area contributed by atoms with Crippen LogP contribution in [0.25, 0.3) is 0 Å². The number of aliphatic hydroxyl groups excluding tert-OH is 1. The van der Waals surface area contributed by atoms with Gasteiger partial charge in [-0.3, -0.25) is 14.4 Å². The Hall–Kier alpha value is -1.69. The molecule has 164 valence electrons. The maximum atomic E-state index is 12.9. The topological polar surface area (TPSA) is 89.9 Å². The van der Waals surface area contributed by atoms with E-state index in [0.29, 0.717) is 38.5 Å². The third-order valence-corrected chi connectivity index (χ3v) is 9.79. The fourth-order valence-electron chi connectivity index (χ4n) is 8.35. The van der Waals surface area contributed by atoms with Gasteiger partial charge in [-0.2, -0.15) is 0 Å². The van der Waals surface area contributed by atoms with Crippen molar-refractivity contribution in [1.82, 2.24) is 0 Å². The molecule has 5 aliphatic rings. The van der Waals surface area contributed by atoms with Crippen LogP contribution < -0.4 is 0 Å². The summed E-state index contributed by atoms with van der Waals surface area (Å²) >= 11 is 0. The highest BCUT2D eigenvalue weighted by atomic mass is 16.6. The van der Waals surface area contributed by atoms with E-state index in [0.717, 1.165) is 18.4 Å². The van der Waals surface area contributed by atoms with Crippen molar-refractivity contribution in [2.75, 3.05) is 7.11 Å². The molecule has 0 bridgehead atoms. The molecule has 0 radical (unpaired) electrons. The highest BCUT2D eigenvalue weighted by Gasteiger charge is 2.71. The standard InChI is InChI=1S/C24H32O6/c1-22-7-4-14(25)10-13(22)11-15(21(28)29-3)19-16-5-8-24(9-6-18(27)30-24)23(16,2)12-17(26)20(19)22/h10,15-17,19-20,26H,4-9,11-12H2,1-3H3/t15-,16?,17-,19?,20?,22+,23+,24?/m1/s1. The normalized spacial score (nSPS) is 49.7. The van der Waals surface area contributed by atoms with E-state index in [9.17, 15) is 19.5 Å². The average Bonchev–Trinajstić information content (AvgIpc) is 3.21. The molecule has 4 unspecified atom stereocenters. The minimum absolute atomic E-state index is 0.0415. The zero-order valence-electron chi connectivity index (χ0n) is 18.1. The van der Waals surface area contributed by atoms with Gasteiger partial charge in [0.1, 0.15) is 5.60 Å². The van der Waals surface area contributed by atoms with Crippen molar-refractivity contribution >= 4 is 17.7 Å². The highest BCUT2D eigenvalue weighted by molar-refractivity contribution is 5.92. The summed E-state index contributed by atoms with van der Waals surface area (Å²) < 4.78 is 11.2. The number of hydrogen-bond acceptors (Lipinski definition) is 6. The zero-order chi connectivity index (χ0) is 21.5. The number of ketones is 1. The van der Waals surface area contributed by atoms with Crippen molar-refractivity contribution in [3.8, 4) is 0 Å². The third-order valence-electron chi connectivity index (χ3n) is 9.79. The number of allylic oxidation sites excluding steroid dienone is 1. The van der Waals surface area contributed by atoms with Crippen molar-refractivity contribution in [3.63, 3.8) is 0 Å².